The second kappa shape index (κ2) is 4.46. The van der Waals surface area contributed by atoms with Crippen molar-refractivity contribution in [3.05, 3.63) is 11.9 Å². The fourth-order valence-corrected chi connectivity index (χ4v) is 2.78. The van der Waals surface area contributed by atoms with Gasteiger partial charge >= 0.3 is 0 Å². The zero-order chi connectivity index (χ0) is 11.8. The molecular formula is C13H22FNO. The number of fused-ring (bicyclic) bond motifs is 1. The molecule has 0 aromatic carbocycles. The van der Waals surface area contributed by atoms with Crippen LogP contribution in [-0.4, -0.2) is 36.2 Å². The minimum Gasteiger partial charge on any atom is -0.375 e. The Kier molecular flexibility index (Phi) is 3.36. The van der Waals surface area contributed by atoms with Crippen LogP contribution in [0.1, 0.15) is 33.6 Å². The predicted octanol–water partition coefficient (Wildman–Crippen LogP) is 2.75. The highest BCUT2D eigenvalue weighted by molar-refractivity contribution is 5.17. The molecule has 3 heteroatoms. The summed E-state index contributed by atoms with van der Waals surface area (Å²) in [7, 11) is 0. The van der Waals surface area contributed by atoms with Crippen LogP contribution in [0, 0.1) is 5.92 Å². The summed E-state index contributed by atoms with van der Waals surface area (Å²) in [5.41, 5.74) is 0.793. The molecule has 0 aromatic rings. The number of hydrogen-bond donors (Lipinski definition) is 0. The molecule has 2 aliphatic heterocycles. The first-order valence-corrected chi connectivity index (χ1v) is 6.18. The van der Waals surface area contributed by atoms with Crippen molar-refractivity contribution in [2.45, 2.75) is 45.3 Å². The van der Waals surface area contributed by atoms with Crippen LogP contribution in [0.4, 0.5) is 4.39 Å². The second-order valence-corrected chi connectivity index (χ2v) is 5.89. The summed E-state index contributed by atoms with van der Waals surface area (Å²) in [4.78, 5) is 2.39. The molecule has 2 nitrogen and oxygen atoms in total. The van der Waals surface area contributed by atoms with Crippen molar-refractivity contribution >= 4 is 0 Å². The molecule has 2 fully saturated rings. The lowest BCUT2D eigenvalue weighted by molar-refractivity contribution is -0.0213. The lowest BCUT2D eigenvalue weighted by Gasteiger charge is -2.25. The van der Waals surface area contributed by atoms with E-state index in [1.54, 1.807) is 0 Å². The molecule has 0 radical (unpaired) electrons. The van der Waals surface area contributed by atoms with E-state index in [4.69, 9.17) is 4.74 Å². The number of hydrogen-bond acceptors (Lipinski definition) is 2. The standard InChI is InChI=1S/C13H22FNO/c1-13(2,3)16-9-11-10(7-14)8-15-6-4-5-12(11)15/h7,11-12H,4-6,8-9H2,1-3H3/b10-7+. The third kappa shape index (κ3) is 2.46. The van der Waals surface area contributed by atoms with Crippen LogP contribution >= 0.6 is 0 Å². The third-order valence-corrected chi connectivity index (χ3v) is 3.58. The molecule has 0 bridgehead atoms. The van der Waals surface area contributed by atoms with Crippen LogP contribution in [0.2, 0.25) is 0 Å². The van der Waals surface area contributed by atoms with Gasteiger partial charge in [-0.3, -0.25) is 4.90 Å². The topological polar surface area (TPSA) is 12.5 Å². The maximum absolute atomic E-state index is 12.8. The van der Waals surface area contributed by atoms with E-state index in [1.165, 1.54) is 12.8 Å². The van der Waals surface area contributed by atoms with Gasteiger partial charge in [-0.25, -0.2) is 4.39 Å². The molecule has 0 saturated carbocycles. The van der Waals surface area contributed by atoms with Crippen LogP contribution in [-0.2, 0) is 4.74 Å². The highest BCUT2D eigenvalue weighted by atomic mass is 19.1. The molecule has 0 amide bonds. The molecular weight excluding hydrogens is 205 g/mol. The van der Waals surface area contributed by atoms with Gasteiger partial charge in [-0.2, -0.15) is 0 Å². The molecule has 0 aromatic heterocycles. The monoisotopic (exact) mass is 227 g/mol. The minimum atomic E-state index is -0.132. The zero-order valence-corrected chi connectivity index (χ0v) is 10.5. The molecule has 16 heavy (non-hydrogen) atoms. The first-order valence-electron chi connectivity index (χ1n) is 6.18. The Bertz CT molecular complexity index is 282. The van der Waals surface area contributed by atoms with Gasteiger partial charge in [0, 0.05) is 18.5 Å². The normalized spacial score (nSPS) is 33.6. The molecule has 2 aliphatic rings. The first-order chi connectivity index (χ1) is 7.51. The Labute approximate surface area is 97.5 Å². The fourth-order valence-electron chi connectivity index (χ4n) is 2.78. The van der Waals surface area contributed by atoms with Crippen LogP contribution in [0.25, 0.3) is 0 Å². The Balaban J connectivity index is 2.00. The van der Waals surface area contributed by atoms with Crippen molar-refractivity contribution in [1.29, 1.82) is 0 Å². The number of halogens is 1. The van der Waals surface area contributed by atoms with Crippen molar-refractivity contribution in [2.75, 3.05) is 19.7 Å². The second-order valence-electron chi connectivity index (χ2n) is 5.89. The van der Waals surface area contributed by atoms with Gasteiger partial charge in [-0.1, -0.05) is 0 Å². The fraction of sp³-hybridized carbons (Fsp3) is 0.846. The van der Waals surface area contributed by atoms with Crippen molar-refractivity contribution in [2.24, 2.45) is 5.92 Å². The maximum atomic E-state index is 12.8. The lowest BCUT2D eigenvalue weighted by Crippen LogP contribution is -2.31. The molecule has 0 spiro atoms. The van der Waals surface area contributed by atoms with Gasteiger partial charge in [-0.05, 0) is 45.7 Å². The predicted molar refractivity (Wildman–Crippen MR) is 63.0 cm³/mol. The van der Waals surface area contributed by atoms with E-state index < -0.39 is 0 Å². The van der Waals surface area contributed by atoms with Crippen LogP contribution in [0.15, 0.2) is 11.9 Å². The van der Waals surface area contributed by atoms with Crippen molar-refractivity contribution in [1.82, 2.24) is 4.90 Å². The summed E-state index contributed by atoms with van der Waals surface area (Å²) in [6.45, 7) is 8.72. The molecule has 2 atom stereocenters. The smallest absolute Gasteiger partial charge is 0.0876 e. The van der Waals surface area contributed by atoms with Crippen LogP contribution in [0.5, 0.6) is 0 Å². The van der Waals surface area contributed by atoms with Crippen molar-refractivity contribution in [3.63, 3.8) is 0 Å². The molecule has 2 rings (SSSR count). The van der Waals surface area contributed by atoms with E-state index in [-0.39, 0.29) is 11.5 Å². The van der Waals surface area contributed by atoms with E-state index in [9.17, 15) is 4.39 Å². The quantitative estimate of drug-likeness (QED) is 0.719. The van der Waals surface area contributed by atoms with E-state index in [0.717, 1.165) is 25.0 Å². The highest BCUT2D eigenvalue weighted by Crippen LogP contribution is 2.37. The summed E-state index contributed by atoms with van der Waals surface area (Å²) < 4.78 is 18.7. The van der Waals surface area contributed by atoms with Gasteiger partial charge in [0.2, 0.25) is 0 Å². The average Bonchev–Trinajstić information content (AvgIpc) is 2.72. The van der Waals surface area contributed by atoms with Crippen LogP contribution < -0.4 is 0 Å². The number of rotatable bonds is 2. The maximum Gasteiger partial charge on any atom is 0.0876 e. The Morgan fingerprint density at radius 1 is 1.50 bits per heavy atom. The van der Waals surface area contributed by atoms with E-state index in [1.807, 2.05) is 20.8 Å². The van der Waals surface area contributed by atoms with Gasteiger partial charge < -0.3 is 4.74 Å². The van der Waals surface area contributed by atoms with Gasteiger partial charge in [-0.15, -0.1) is 0 Å². The Hall–Kier alpha value is -0.410. The summed E-state index contributed by atoms with van der Waals surface area (Å²) in [6.07, 6.45) is 3.24. The third-order valence-electron chi connectivity index (χ3n) is 3.58. The first kappa shape index (κ1) is 12.1. The lowest BCUT2D eigenvalue weighted by atomic mass is 9.95. The summed E-state index contributed by atoms with van der Waals surface area (Å²) in [5.74, 6) is 0.270. The van der Waals surface area contributed by atoms with Crippen molar-refractivity contribution in [3.8, 4) is 0 Å². The van der Waals surface area contributed by atoms with E-state index in [2.05, 4.69) is 4.90 Å². The summed E-state index contributed by atoms with van der Waals surface area (Å²) >= 11 is 0. The van der Waals surface area contributed by atoms with Gasteiger partial charge in [0.05, 0.1) is 18.5 Å². The summed E-state index contributed by atoms with van der Waals surface area (Å²) in [6, 6.07) is 0.518. The Morgan fingerprint density at radius 3 is 2.88 bits per heavy atom. The summed E-state index contributed by atoms with van der Waals surface area (Å²) in [5, 5.41) is 0. The number of ether oxygens (including phenoxy) is 1. The van der Waals surface area contributed by atoms with Gasteiger partial charge in [0.1, 0.15) is 0 Å². The molecule has 2 saturated heterocycles. The minimum absolute atomic E-state index is 0.132. The van der Waals surface area contributed by atoms with Gasteiger partial charge in [0.15, 0.2) is 0 Å². The average molecular weight is 227 g/mol. The SMILES string of the molecule is CC(C)(C)OCC1/C(=C/F)CN2CCCC12. The molecule has 2 unspecified atom stereocenters. The van der Waals surface area contributed by atoms with Crippen molar-refractivity contribution < 1.29 is 9.13 Å². The highest BCUT2D eigenvalue weighted by Gasteiger charge is 2.41. The number of nitrogens with zero attached hydrogens (tertiary/aromatic N) is 1. The largest absolute Gasteiger partial charge is 0.375 e. The van der Waals surface area contributed by atoms with Gasteiger partial charge in [0.25, 0.3) is 0 Å². The molecule has 0 aliphatic carbocycles. The Morgan fingerprint density at radius 2 is 2.25 bits per heavy atom. The van der Waals surface area contributed by atoms with E-state index >= 15 is 0 Å². The van der Waals surface area contributed by atoms with Crippen LogP contribution in [0.3, 0.4) is 0 Å². The molecule has 92 valence electrons. The zero-order valence-electron chi connectivity index (χ0n) is 10.5. The van der Waals surface area contributed by atoms with E-state index in [0.29, 0.717) is 12.6 Å². The molecule has 0 N–H and O–H groups in total. The molecule has 2 heterocycles.